The number of carbonyl (C=O) groups is 1. The Hall–Kier alpha value is -1.35. The first-order valence-corrected chi connectivity index (χ1v) is 8.06. The molecule has 0 aromatic rings. The lowest BCUT2D eigenvalue weighted by molar-refractivity contribution is -0.137. The van der Waals surface area contributed by atoms with Crippen LogP contribution in [0, 0.1) is 0 Å². The van der Waals surface area contributed by atoms with Gasteiger partial charge in [-0.1, -0.05) is 75.5 Å². The predicted molar refractivity (Wildman–Crippen MR) is 88.3 cm³/mol. The molecule has 0 aliphatic carbocycles. The van der Waals surface area contributed by atoms with Gasteiger partial charge in [0, 0.05) is 6.42 Å². The van der Waals surface area contributed by atoms with E-state index < -0.39 is 12.1 Å². The predicted octanol–water partition coefficient (Wildman–Crippen LogP) is 4.63. The third-order valence-corrected chi connectivity index (χ3v) is 3.17. The molecule has 0 saturated carbocycles. The van der Waals surface area contributed by atoms with Gasteiger partial charge in [-0.05, 0) is 19.3 Å². The van der Waals surface area contributed by atoms with E-state index in [-0.39, 0.29) is 6.42 Å². The molecule has 120 valence electrons. The van der Waals surface area contributed by atoms with Crippen molar-refractivity contribution in [3.05, 3.63) is 36.5 Å². The smallest absolute Gasteiger partial charge is 0.303 e. The summed E-state index contributed by atoms with van der Waals surface area (Å²) in [5.41, 5.74) is 0. The fraction of sp³-hybridized carbons (Fsp3) is 0.611. The summed E-state index contributed by atoms with van der Waals surface area (Å²) in [4.78, 5) is 10.3. The first-order chi connectivity index (χ1) is 10.2. The van der Waals surface area contributed by atoms with Gasteiger partial charge in [-0.3, -0.25) is 4.79 Å². The van der Waals surface area contributed by atoms with Gasteiger partial charge in [0.05, 0.1) is 6.10 Å². The zero-order chi connectivity index (χ0) is 15.8. The van der Waals surface area contributed by atoms with Crippen molar-refractivity contribution in [1.82, 2.24) is 0 Å². The van der Waals surface area contributed by atoms with Crippen LogP contribution in [0.25, 0.3) is 0 Å². The number of rotatable bonds is 13. The van der Waals surface area contributed by atoms with E-state index in [9.17, 15) is 9.90 Å². The van der Waals surface area contributed by atoms with Crippen molar-refractivity contribution < 1.29 is 15.0 Å². The number of aliphatic hydroxyl groups is 1. The standard InChI is InChI=1S/C18H30O3/c1-2-3-4-5-6-7-8-11-14-17(19)15-12-9-10-13-16-18(20)21/h5-8,11,14,17,19H,2-4,9-10,12-13,15-16H2,1H3,(H,20,21)/b6-5+,8-7+,14-11+. The van der Waals surface area contributed by atoms with Crippen LogP contribution in [0.2, 0.25) is 0 Å². The van der Waals surface area contributed by atoms with E-state index >= 15 is 0 Å². The molecule has 0 aliphatic heterocycles. The minimum absolute atomic E-state index is 0.249. The van der Waals surface area contributed by atoms with E-state index in [1.807, 2.05) is 24.3 Å². The van der Waals surface area contributed by atoms with E-state index in [0.717, 1.165) is 38.5 Å². The Balaban J connectivity index is 3.53. The minimum atomic E-state index is -0.728. The zero-order valence-corrected chi connectivity index (χ0v) is 13.2. The second kappa shape index (κ2) is 15.0. The molecule has 0 saturated heterocycles. The molecule has 3 heteroatoms. The van der Waals surface area contributed by atoms with Crippen LogP contribution >= 0.6 is 0 Å². The summed E-state index contributed by atoms with van der Waals surface area (Å²) < 4.78 is 0. The van der Waals surface area contributed by atoms with Crippen molar-refractivity contribution in [2.24, 2.45) is 0 Å². The highest BCUT2D eigenvalue weighted by Crippen LogP contribution is 2.08. The summed E-state index contributed by atoms with van der Waals surface area (Å²) in [5, 5.41) is 18.2. The molecule has 0 aromatic heterocycles. The van der Waals surface area contributed by atoms with Crippen LogP contribution in [-0.4, -0.2) is 22.3 Å². The molecular weight excluding hydrogens is 264 g/mol. The van der Waals surface area contributed by atoms with Gasteiger partial charge in [-0.2, -0.15) is 0 Å². The zero-order valence-electron chi connectivity index (χ0n) is 13.2. The van der Waals surface area contributed by atoms with E-state index in [1.54, 1.807) is 6.08 Å². The molecule has 1 atom stereocenters. The number of hydrogen-bond donors (Lipinski definition) is 2. The van der Waals surface area contributed by atoms with Crippen LogP contribution in [-0.2, 0) is 4.79 Å². The second-order valence-electron chi connectivity index (χ2n) is 5.25. The Bertz CT molecular complexity index is 329. The average molecular weight is 294 g/mol. The maximum Gasteiger partial charge on any atom is 0.303 e. The fourth-order valence-corrected chi connectivity index (χ4v) is 1.90. The average Bonchev–Trinajstić information content (AvgIpc) is 2.45. The van der Waals surface area contributed by atoms with Gasteiger partial charge in [0.25, 0.3) is 0 Å². The molecule has 0 fully saturated rings. The summed E-state index contributed by atoms with van der Waals surface area (Å²) in [5.74, 6) is -0.728. The Morgan fingerprint density at radius 2 is 1.71 bits per heavy atom. The summed E-state index contributed by atoms with van der Waals surface area (Å²) >= 11 is 0. The van der Waals surface area contributed by atoms with Gasteiger partial charge in [-0.15, -0.1) is 0 Å². The van der Waals surface area contributed by atoms with Crippen LogP contribution in [0.1, 0.15) is 64.7 Å². The van der Waals surface area contributed by atoms with Crippen LogP contribution < -0.4 is 0 Å². The topological polar surface area (TPSA) is 57.5 Å². The number of allylic oxidation sites excluding steroid dienone is 5. The van der Waals surface area contributed by atoms with E-state index in [1.165, 1.54) is 12.8 Å². The van der Waals surface area contributed by atoms with Gasteiger partial charge in [0.1, 0.15) is 0 Å². The number of aliphatic carboxylic acids is 1. The van der Waals surface area contributed by atoms with Crippen molar-refractivity contribution in [2.75, 3.05) is 0 Å². The van der Waals surface area contributed by atoms with Crippen LogP contribution in [0.3, 0.4) is 0 Å². The van der Waals surface area contributed by atoms with Crippen LogP contribution in [0.5, 0.6) is 0 Å². The molecule has 0 bridgehead atoms. The quantitative estimate of drug-likeness (QED) is 0.384. The summed E-state index contributed by atoms with van der Waals surface area (Å²) in [6, 6.07) is 0. The first kappa shape index (κ1) is 19.7. The maximum atomic E-state index is 10.3. The molecule has 0 amide bonds. The molecular formula is C18H30O3. The second-order valence-corrected chi connectivity index (χ2v) is 5.25. The normalized spacial score (nSPS) is 13.6. The van der Waals surface area contributed by atoms with Crippen molar-refractivity contribution in [2.45, 2.75) is 70.8 Å². The maximum absolute atomic E-state index is 10.3. The lowest BCUT2D eigenvalue weighted by atomic mass is 10.1. The Kier molecular flexibility index (Phi) is 14.1. The van der Waals surface area contributed by atoms with E-state index in [4.69, 9.17) is 5.11 Å². The third-order valence-electron chi connectivity index (χ3n) is 3.17. The van der Waals surface area contributed by atoms with Crippen molar-refractivity contribution >= 4 is 5.97 Å². The molecule has 0 aliphatic rings. The fourth-order valence-electron chi connectivity index (χ4n) is 1.90. The molecule has 0 heterocycles. The molecule has 1 unspecified atom stereocenters. The van der Waals surface area contributed by atoms with Gasteiger partial charge in [-0.25, -0.2) is 0 Å². The largest absolute Gasteiger partial charge is 0.481 e. The Morgan fingerprint density at radius 3 is 2.43 bits per heavy atom. The van der Waals surface area contributed by atoms with Crippen LogP contribution in [0.4, 0.5) is 0 Å². The highest BCUT2D eigenvalue weighted by atomic mass is 16.4. The molecule has 0 rings (SSSR count). The highest BCUT2D eigenvalue weighted by molar-refractivity contribution is 5.66. The Labute approximate surface area is 129 Å². The van der Waals surface area contributed by atoms with Crippen LogP contribution in [0.15, 0.2) is 36.5 Å². The summed E-state index contributed by atoms with van der Waals surface area (Å²) in [6.07, 6.45) is 19.5. The van der Waals surface area contributed by atoms with E-state index in [0.29, 0.717) is 0 Å². The lowest BCUT2D eigenvalue weighted by Crippen LogP contribution is -2.01. The molecule has 0 aromatic carbocycles. The first-order valence-electron chi connectivity index (χ1n) is 8.06. The molecule has 3 nitrogen and oxygen atoms in total. The van der Waals surface area contributed by atoms with Crippen molar-refractivity contribution in [3.8, 4) is 0 Å². The van der Waals surface area contributed by atoms with Gasteiger partial charge >= 0.3 is 5.97 Å². The molecule has 2 N–H and O–H groups in total. The summed E-state index contributed by atoms with van der Waals surface area (Å²) in [7, 11) is 0. The number of aliphatic hydroxyl groups excluding tert-OH is 1. The third kappa shape index (κ3) is 16.6. The van der Waals surface area contributed by atoms with Gasteiger partial charge < -0.3 is 10.2 Å². The monoisotopic (exact) mass is 294 g/mol. The SMILES string of the molecule is CCCC/C=C/C=C/C=C/C(O)CCCCCCC(=O)O. The minimum Gasteiger partial charge on any atom is -0.481 e. The number of hydrogen-bond acceptors (Lipinski definition) is 2. The van der Waals surface area contributed by atoms with Crippen molar-refractivity contribution in [1.29, 1.82) is 0 Å². The Morgan fingerprint density at radius 1 is 1.00 bits per heavy atom. The molecule has 0 spiro atoms. The van der Waals surface area contributed by atoms with Crippen molar-refractivity contribution in [3.63, 3.8) is 0 Å². The van der Waals surface area contributed by atoms with E-state index in [2.05, 4.69) is 13.0 Å². The highest BCUT2D eigenvalue weighted by Gasteiger charge is 1.99. The van der Waals surface area contributed by atoms with Gasteiger partial charge in [0.15, 0.2) is 0 Å². The molecule has 0 radical (unpaired) electrons. The number of carboxylic acids is 1. The number of carboxylic acid groups (broad SMARTS) is 1. The molecule has 21 heavy (non-hydrogen) atoms. The van der Waals surface area contributed by atoms with Gasteiger partial charge in [0.2, 0.25) is 0 Å². The summed E-state index contributed by atoms with van der Waals surface area (Å²) in [6.45, 7) is 2.18. The lowest BCUT2D eigenvalue weighted by Gasteiger charge is -2.04. The number of unbranched alkanes of at least 4 members (excludes halogenated alkanes) is 5.